The van der Waals surface area contributed by atoms with Gasteiger partial charge in [0.15, 0.2) is 6.61 Å². The molecule has 0 saturated carbocycles. The number of primary amides is 1. The zero-order valence-electron chi connectivity index (χ0n) is 16.0. The van der Waals surface area contributed by atoms with Crippen molar-refractivity contribution in [1.29, 1.82) is 0 Å². The van der Waals surface area contributed by atoms with Gasteiger partial charge in [-0.25, -0.2) is 4.79 Å². The number of carbonyl (C=O) groups is 3. The fourth-order valence-electron chi connectivity index (χ4n) is 3.28. The molecule has 1 heterocycles. The Morgan fingerprint density at radius 2 is 2.10 bits per heavy atom. The predicted molar refractivity (Wildman–Crippen MR) is 111 cm³/mol. The van der Waals surface area contributed by atoms with Crippen molar-refractivity contribution < 1.29 is 23.9 Å². The summed E-state index contributed by atoms with van der Waals surface area (Å²) in [6, 6.07) is 4.38. The average Bonchev–Trinajstić information content (AvgIpc) is 3.02. The molecule has 1 aliphatic carbocycles. The molecule has 3 rings (SSSR count). The number of benzene rings is 1. The van der Waals surface area contributed by atoms with E-state index < -0.39 is 17.8 Å². The first-order valence-corrected chi connectivity index (χ1v) is 10.2. The number of anilines is 1. The normalized spacial score (nSPS) is 15.3. The number of hydrogen-bond donors (Lipinski definition) is 2. The zero-order valence-corrected chi connectivity index (χ0v) is 17.6. The topological polar surface area (TPSA) is 108 Å². The van der Waals surface area contributed by atoms with Crippen LogP contribution in [0.5, 0.6) is 5.75 Å². The van der Waals surface area contributed by atoms with Crippen LogP contribution < -0.4 is 15.8 Å². The molecular formula is C20H21ClN2O5S. The fraction of sp³-hybridized carbons (Fsp3) is 0.350. The summed E-state index contributed by atoms with van der Waals surface area (Å²) in [7, 11) is 1.32. The van der Waals surface area contributed by atoms with Crippen LogP contribution in [0.25, 0.3) is 0 Å². The molecule has 0 bridgehead atoms. The summed E-state index contributed by atoms with van der Waals surface area (Å²) in [6.45, 7) is 1.80. The number of ether oxygens (including phenoxy) is 2. The lowest BCUT2D eigenvalue weighted by Crippen LogP contribution is -2.22. The first-order chi connectivity index (χ1) is 13.8. The maximum atomic E-state index is 12.5. The molecule has 1 atom stereocenters. The molecule has 1 aliphatic rings. The van der Waals surface area contributed by atoms with Gasteiger partial charge in [-0.3, -0.25) is 9.59 Å². The highest BCUT2D eigenvalue weighted by Gasteiger charge is 2.29. The Morgan fingerprint density at radius 1 is 1.34 bits per heavy atom. The largest absolute Gasteiger partial charge is 0.483 e. The van der Waals surface area contributed by atoms with Gasteiger partial charge in [-0.2, -0.15) is 0 Å². The average molecular weight is 437 g/mol. The number of amides is 2. The van der Waals surface area contributed by atoms with Crippen LogP contribution in [-0.4, -0.2) is 31.5 Å². The van der Waals surface area contributed by atoms with Gasteiger partial charge in [0.25, 0.3) is 11.8 Å². The van der Waals surface area contributed by atoms with E-state index in [1.165, 1.54) is 36.6 Å². The second-order valence-electron chi connectivity index (χ2n) is 6.89. The van der Waals surface area contributed by atoms with Gasteiger partial charge in [0.05, 0.1) is 18.2 Å². The van der Waals surface area contributed by atoms with E-state index in [4.69, 9.17) is 26.8 Å². The van der Waals surface area contributed by atoms with E-state index >= 15 is 0 Å². The first kappa shape index (κ1) is 21.1. The summed E-state index contributed by atoms with van der Waals surface area (Å²) in [4.78, 5) is 37.4. The van der Waals surface area contributed by atoms with E-state index in [0.717, 1.165) is 29.7 Å². The van der Waals surface area contributed by atoms with Crippen molar-refractivity contribution in [2.75, 3.05) is 19.0 Å². The monoisotopic (exact) mass is 436 g/mol. The van der Waals surface area contributed by atoms with E-state index in [1.54, 1.807) is 0 Å². The number of nitrogens with two attached hydrogens (primary N) is 1. The second kappa shape index (κ2) is 8.84. The highest BCUT2D eigenvalue weighted by molar-refractivity contribution is 7.17. The summed E-state index contributed by atoms with van der Waals surface area (Å²) < 4.78 is 10.4. The van der Waals surface area contributed by atoms with Gasteiger partial charge >= 0.3 is 5.97 Å². The van der Waals surface area contributed by atoms with Gasteiger partial charge in [0, 0.05) is 9.90 Å². The zero-order chi connectivity index (χ0) is 21.1. The summed E-state index contributed by atoms with van der Waals surface area (Å²) >= 11 is 7.26. The van der Waals surface area contributed by atoms with Crippen molar-refractivity contribution in [3.05, 3.63) is 44.8 Å². The van der Waals surface area contributed by atoms with E-state index in [-0.39, 0.29) is 17.9 Å². The third kappa shape index (κ3) is 4.71. The molecule has 0 saturated heterocycles. The fourth-order valence-corrected chi connectivity index (χ4v) is 4.87. The van der Waals surface area contributed by atoms with Crippen molar-refractivity contribution in [3.8, 4) is 5.75 Å². The number of fused-ring (bicyclic) bond motifs is 1. The van der Waals surface area contributed by atoms with Crippen molar-refractivity contribution in [2.24, 2.45) is 11.7 Å². The maximum absolute atomic E-state index is 12.5. The molecule has 0 fully saturated rings. The number of esters is 1. The van der Waals surface area contributed by atoms with Crippen LogP contribution in [0.3, 0.4) is 0 Å². The van der Waals surface area contributed by atoms with Crippen LogP contribution in [0.1, 0.15) is 44.5 Å². The second-order valence-corrected chi connectivity index (χ2v) is 8.43. The number of hydrogen-bond acceptors (Lipinski definition) is 6. The van der Waals surface area contributed by atoms with Crippen molar-refractivity contribution in [1.82, 2.24) is 0 Å². The van der Waals surface area contributed by atoms with Gasteiger partial charge < -0.3 is 20.5 Å². The maximum Gasteiger partial charge on any atom is 0.341 e. The summed E-state index contributed by atoms with van der Waals surface area (Å²) in [5.41, 5.74) is 6.77. The minimum Gasteiger partial charge on any atom is -0.483 e. The smallest absolute Gasteiger partial charge is 0.341 e. The lowest BCUT2D eigenvalue weighted by molar-refractivity contribution is -0.118. The van der Waals surface area contributed by atoms with Crippen LogP contribution in [0.15, 0.2) is 18.2 Å². The molecule has 3 N–H and O–H groups in total. The molecule has 29 heavy (non-hydrogen) atoms. The highest BCUT2D eigenvalue weighted by Crippen LogP contribution is 2.40. The minimum absolute atomic E-state index is 0.0844. The quantitative estimate of drug-likeness (QED) is 0.674. The lowest BCUT2D eigenvalue weighted by Gasteiger charge is -2.18. The Kier molecular flexibility index (Phi) is 6.44. The van der Waals surface area contributed by atoms with Gasteiger partial charge in [-0.1, -0.05) is 18.5 Å². The van der Waals surface area contributed by atoms with Gasteiger partial charge in [0.2, 0.25) is 0 Å². The van der Waals surface area contributed by atoms with Crippen molar-refractivity contribution in [3.63, 3.8) is 0 Å². The number of nitrogens with one attached hydrogen (secondary N) is 1. The van der Waals surface area contributed by atoms with Crippen LogP contribution in [0, 0.1) is 5.92 Å². The van der Waals surface area contributed by atoms with Crippen LogP contribution in [-0.2, 0) is 22.4 Å². The number of methoxy groups -OCH3 is 1. The Morgan fingerprint density at radius 3 is 2.79 bits per heavy atom. The van der Waals surface area contributed by atoms with Crippen LogP contribution in [0.2, 0.25) is 5.02 Å². The van der Waals surface area contributed by atoms with Crippen LogP contribution in [0.4, 0.5) is 5.00 Å². The van der Waals surface area contributed by atoms with Gasteiger partial charge in [-0.05, 0) is 48.9 Å². The van der Waals surface area contributed by atoms with Crippen LogP contribution >= 0.6 is 22.9 Å². The Hall–Kier alpha value is -2.58. The molecule has 7 nitrogen and oxygen atoms in total. The van der Waals surface area contributed by atoms with E-state index in [1.807, 2.05) is 0 Å². The van der Waals surface area contributed by atoms with Crippen molar-refractivity contribution in [2.45, 2.75) is 26.2 Å². The molecule has 154 valence electrons. The van der Waals surface area contributed by atoms with E-state index in [9.17, 15) is 14.4 Å². The summed E-state index contributed by atoms with van der Waals surface area (Å²) in [6.07, 6.45) is 2.62. The third-order valence-electron chi connectivity index (χ3n) is 4.72. The minimum atomic E-state index is -0.712. The number of halogens is 1. The molecule has 1 aromatic carbocycles. The Labute approximate surface area is 177 Å². The molecule has 1 aromatic heterocycles. The molecule has 0 spiro atoms. The molecule has 2 aromatic rings. The van der Waals surface area contributed by atoms with Crippen molar-refractivity contribution >= 4 is 45.7 Å². The number of rotatable bonds is 6. The molecular weight excluding hydrogens is 416 g/mol. The summed E-state index contributed by atoms with van der Waals surface area (Å²) in [5, 5.41) is 3.52. The summed E-state index contributed by atoms with van der Waals surface area (Å²) in [5.74, 6) is -0.967. The number of thiophene rings is 1. The predicted octanol–water partition coefficient (Wildman–Crippen LogP) is 3.43. The Bertz CT molecular complexity index is 972. The van der Waals surface area contributed by atoms with E-state index in [0.29, 0.717) is 21.5 Å². The third-order valence-corrected chi connectivity index (χ3v) is 6.12. The lowest BCUT2D eigenvalue weighted by atomic mass is 9.88. The molecule has 2 amide bonds. The SMILES string of the molecule is COC(=O)c1c(NC(=O)COc2ccc(Cl)cc2C(N)=O)sc2c1CCC(C)C2. The van der Waals surface area contributed by atoms with Gasteiger partial charge in [0.1, 0.15) is 10.8 Å². The molecule has 1 unspecified atom stereocenters. The standard InChI is InChI=1S/C20H21ClN2O5S/c1-10-3-5-12-15(7-10)29-19(17(12)20(26)27-2)23-16(24)9-28-14-6-4-11(21)8-13(14)18(22)25/h4,6,8,10H,3,5,7,9H2,1-2H3,(H2,22,25)(H,23,24). The molecule has 9 heteroatoms. The first-order valence-electron chi connectivity index (χ1n) is 9.05. The Balaban J connectivity index is 1.76. The number of carbonyl (C=O) groups excluding carboxylic acids is 3. The van der Waals surface area contributed by atoms with Gasteiger partial charge in [-0.15, -0.1) is 11.3 Å². The highest BCUT2D eigenvalue weighted by atomic mass is 35.5. The molecule has 0 radical (unpaired) electrons. The van der Waals surface area contributed by atoms with E-state index in [2.05, 4.69) is 12.2 Å². The molecule has 0 aliphatic heterocycles.